The first kappa shape index (κ1) is 16.4. The largest absolute Gasteiger partial charge is 0.374 e. The highest BCUT2D eigenvalue weighted by Crippen LogP contribution is 2.22. The zero-order valence-electron chi connectivity index (χ0n) is 14.2. The minimum absolute atomic E-state index is 0.0405. The number of carbonyl (C=O) groups excluding carboxylic acids is 1. The SMILES string of the molecule is C[C@@H](Nc1ccc(N2CCCCC2)cc1)C(=O)Nc1ccccc1. The van der Waals surface area contributed by atoms with Gasteiger partial charge < -0.3 is 15.5 Å². The molecule has 24 heavy (non-hydrogen) atoms. The minimum atomic E-state index is -0.300. The van der Waals surface area contributed by atoms with E-state index in [1.165, 1.54) is 24.9 Å². The number of para-hydroxylation sites is 1. The van der Waals surface area contributed by atoms with E-state index in [0.717, 1.165) is 24.5 Å². The van der Waals surface area contributed by atoms with Gasteiger partial charge in [0.15, 0.2) is 0 Å². The Bertz CT molecular complexity index is 648. The number of benzene rings is 2. The molecule has 0 aromatic heterocycles. The van der Waals surface area contributed by atoms with Crippen LogP contribution in [0, 0.1) is 0 Å². The quantitative estimate of drug-likeness (QED) is 0.870. The summed E-state index contributed by atoms with van der Waals surface area (Å²) in [4.78, 5) is 14.7. The van der Waals surface area contributed by atoms with Gasteiger partial charge in [0.1, 0.15) is 6.04 Å². The van der Waals surface area contributed by atoms with Gasteiger partial charge in [-0.05, 0) is 62.6 Å². The predicted octanol–water partition coefficient (Wildman–Crippen LogP) is 4.12. The number of carbonyl (C=O) groups is 1. The van der Waals surface area contributed by atoms with Crippen LogP contribution in [0.2, 0.25) is 0 Å². The van der Waals surface area contributed by atoms with E-state index in [2.05, 4.69) is 39.8 Å². The molecule has 4 heteroatoms. The minimum Gasteiger partial charge on any atom is -0.374 e. The maximum atomic E-state index is 12.2. The van der Waals surface area contributed by atoms with Crippen molar-refractivity contribution in [3.8, 4) is 0 Å². The second kappa shape index (κ2) is 7.86. The first-order chi connectivity index (χ1) is 11.7. The van der Waals surface area contributed by atoms with Gasteiger partial charge >= 0.3 is 0 Å². The standard InChI is InChI=1S/C20H25N3O/c1-16(20(24)22-17-8-4-2-5-9-17)21-18-10-12-19(13-11-18)23-14-6-3-7-15-23/h2,4-5,8-13,16,21H,3,6-7,14-15H2,1H3,(H,22,24)/t16-/m1/s1. The normalized spacial score (nSPS) is 15.6. The zero-order chi connectivity index (χ0) is 16.8. The molecule has 1 heterocycles. The molecular formula is C20H25N3O. The number of rotatable bonds is 5. The van der Waals surface area contributed by atoms with Gasteiger partial charge in [0.25, 0.3) is 0 Å². The Morgan fingerprint density at radius 2 is 1.58 bits per heavy atom. The molecule has 1 aliphatic rings. The second-order valence-corrected chi connectivity index (χ2v) is 6.32. The molecule has 0 unspecified atom stereocenters. The number of nitrogens with zero attached hydrogens (tertiary/aromatic N) is 1. The smallest absolute Gasteiger partial charge is 0.246 e. The third-order valence-corrected chi connectivity index (χ3v) is 4.41. The van der Waals surface area contributed by atoms with Crippen LogP contribution >= 0.6 is 0 Å². The van der Waals surface area contributed by atoms with Crippen molar-refractivity contribution in [2.45, 2.75) is 32.2 Å². The molecule has 2 N–H and O–H groups in total. The molecule has 1 amide bonds. The van der Waals surface area contributed by atoms with Crippen molar-refractivity contribution < 1.29 is 4.79 Å². The van der Waals surface area contributed by atoms with E-state index in [-0.39, 0.29) is 11.9 Å². The molecular weight excluding hydrogens is 298 g/mol. The van der Waals surface area contributed by atoms with Gasteiger partial charge in [0, 0.05) is 30.2 Å². The van der Waals surface area contributed by atoms with Gasteiger partial charge in [0.05, 0.1) is 0 Å². The Labute approximate surface area is 143 Å². The van der Waals surface area contributed by atoms with Crippen molar-refractivity contribution in [3.63, 3.8) is 0 Å². The maximum Gasteiger partial charge on any atom is 0.246 e. The molecule has 0 spiro atoms. The van der Waals surface area contributed by atoms with Gasteiger partial charge in [-0.1, -0.05) is 18.2 Å². The molecule has 0 bridgehead atoms. The maximum absolute atomic E-state index is 12.2. The first-order valence-corrected chi connectivity index (χ1v) is 8.70. The fourth-order valence-corrected chi connectivity index (χ4v) is 3.01. The van der Waals surface area contributed by atoms with E-state index in [0.29, 0.717) is 0 Å². The number of piperidine rings is 1. The molecule has 4 nitrogen and oxygen atoms in total. The summed E-state index contributed by atoms with van der Waals surface area (Å²) in [6.45, 7) is 4.15. The summed E-state index contributed by atoms with van der Waals surface area (Å²) in [7, 11) is 0. The highest BCUT2D eigenvalue weighted by Gasteiger charge is 2.14. The van der Waals surface area contributed by atoms with Crippen LogP contribution in [0.25, 0.3) is 0 Å². The van der Waals surface area contributed by atoms with E-state index in [1.807, 2.05) is 37.3 Å². The van der Waals surface area contributed by atoms with Crippen LogP contribution in [0.5, 0.6) is 0 Å². The van der Waals surface area contributed by atoms with Gasteiger partial charge in [-0.25, -0.2) is 0 Å². The predicted molar refractivity (Wildman–Crippen MR) is 101 cm³/mol. The van der Waals surface area contributed by atoms with Crippen molar-refractivity contribution in [1.29, 1.82) is 0 Å². The molecule has 1 fully saturated rings. The average Bonchev–Trinajstić information content (AvgIpc) is 2.64. The highest BCUT2D eigenvalue weighted by molar-refractivity contribution is 5.96. The second-order valence-electron chi connectivity index (χ2n) is 6.32. The van der Waals surface area contributed by atoms with Crippen molar-refractivity contribution in [2.75, 3.05) is 28.6 Å². The molecule has 0 saturated carbocycles. The summed E-state index contributed by atoms with van der Waals surface area (Å²) in [5.74, 6) is -0.0405. The first-order valence-electron chi connectivity index (χ1n) is 8.70. The molecule has 126 valence electrons. The van der Waals surface area contributed by atoms with Crippen LogP contribution < -0.4 is 15.5 Å². The molecule has 2 aromatic rings. The summed E-state index contributed by atoms with van der Waals surface area (Å²) in [5, 5.41) is 6.18. The van der Waals surface area contributed by atoms with Crippen molar-refractivity contribution >= 4 is 23.0 Å². The van der Waals surface area contributed by atoms with Gasteiger partial charge in [-0.15, -0.1) is 0 Å². The van der Waals surface area contributed by atoms with E-state index in [1.54, 1.807) is 0 Å². The van der Waals surface area contributed by atoms with E-state index < -0.39 is 0 Å². The summed E-state index contributed by atoms with van der Waals surface area (Å²) in [6.07, 6.45) is 3.89. The van der Waals surface area contributed by atoms with Gasteiger partial charge in [0.2, 0.25) is 5.91 Å². The molecule has 0 aliphatic carbocycles. The lowest BCUT2D eigenvalue weighted by Gasteiger charge is -2.29. The number of anilines is 3. The molecule has 1 aliphatic heterocycles. The lowest BCUT2D eigenvalue weighted by Crippen LogP contribution is -2.32. The molecule has 1 saturated heterocycles. The van der Waals surface area contributed by atoms with Crippen molar-refractivity contribution in [1.82, 2.24) is 0 Å². The Balaban J connectivity index is 1.55. The topological polar surface area (TPSA) is 44.4 Å². The Hall–Kier alpha value is -2.49. The summed E-state index contributed by atoms with van der Waals surface area (Å²) >= 11 is 0. The van der Waals surface area contributed by atoms with E-state index in [4.69, 9.17) is 0 Å². The van der Waals surface area contributed by atoms with Crippen molar-refractivity contribution in [3.05, 3.63) is 54.6 Å². The van der Waals surface area contributed by atoms with Crippen LogP contribution in [0.3, 0.4) is 0 Å². The van der Waals surface area contributed by atoms with Crippen LogP contribution in [-0.2, 0) is 4.79 Å². The van der Waals surface area contributed by atoms with Crippen LogP contribution in [0.1, 0.15) is 26.2 Å². The fourth-order valence-electron chi connectivity index (χ4n) is 3.01. The summed E-state index contributed by atoms with van der Waals surface area (Å²) in [5.41, 5.74) is 3.05. The van der Waals surface area contributed by atoms with Crippen LogP contribution in [-0.4, -0.2) is 25.0 Å². The fraction of sp³-hybridized carbons (Fsp3) is 0.350. The lowest BCUT2D eigenvalue weighted by molar-refractivity contribution is -0.116. The van der Waals surface area contributed by atoms with Crippen LogP contribution in [0.15, 0.2) is 54.6 Å². The highest BCUT2D eigenvalue weighted by atomic mass is 16.2. The zero-order valence-corrected chi connectivity index (χ0v) is 14.2. The Kier molecular flexibility index (Phi) is 5.36. The van der Waals surface area contributed by atoms with E-state index >= 15 is 0 Å². The number of amides is 1. The number of hydrogen-bond acceptors (Lipinski definition) is 3. The van der Waals surface area contributed by atoms with Gasteiger partial charge in [-0.2, -0.15) is 0 Å². The molecule has 0 radical (unpaired) electrons. The average molecular weight is 323 g/mol. The third-order valence-electron chi connectivity index (χ3n) is 4.41. The Morgan fingerprint density at radius 3 is 2.25 bits per heavy atom. The van der Waals surface area contributed by atoms with Gasteiger partial charge in [-0.3, -0.25) is 4.79 Å². The molecule has 2 aromatic carbocycles. The Morgan fingerprint density at radius 1 is 0.917 bits per heavy atom. The molecule has 3 rings (SSSR count). The monoisotopic (exact) mass is 323 g/mol. The number of nitrogens with one attached hydrogen (secondary N) is 2. The van der Waals surface area contributed by atoms with Crippen LogP contribution in [0.4, 0.5) is 17.1 Å². The number of hydrogen-bond donors (Lipinski definition) is 2. The third kappa shape index (κ3) is 4.28. The summed E-state index contributed by atoms with van der Waals surface area (Å²) in [6, 6.07) is 17.6. The van der Waals surface area contributed by atoms with E-state index in [9.17, 15) is 4.79 Å². The lowest BCUT2D eigenvalue weighted by atomic mass is 10.1. The molecule has 1 atom stereocenters. The van der Waals surface area contributed by atoms with Crippen molar-refractivity contribution in [2.24, 2.45) is 0 Å². The summed E-state index contributed by atoms with van der Waals surface area (Å²) < 4.78 is 0.